The third-order valence-electron chi connectivity index (χ3n) is 4.88. The summed E-state index contributed by atoms with van der Waals surface area (Å²) in [6.45, 7) is 3.50. The van der Waals surface area contributed by atoms with E-state index in [4.69, 9.17) is 4.74 Å². The standard InChI is InChI=1S/C20H17F4N5O2/c1-11(21)19(30)29-9-14(10-29)27-16-17-12(8-26-28(17)2)7-25-18(16)31-15-5-3-13(4-6-15)20(22,23)24/h3-8,14,27H,1,9-10H2,2H3. The van der Waals surface area contributed by atoms with Gasteiger partial charge in [-0.1, -0.05) is 6.58 Å². The molecule has 1 fully saturated rings. The quantitative estimate of drug-likeness (QED) is 0.487. The second-order valence-electron chi connectivity index (χ2n) is 7.09. The van der Waals surface area contributed by atoms with Crippen molar-refractivity contribution in [3.63, 3.8) is 0 Å². The van der Waals surface area contributed by atoms with Gasteiger partial charge in [-0.2, -0.15) is 18.3 Å². The second kappa shape index (κ2) is 7.56. The van der Waals surface area contributed by atoms with Crippen LogP contribution in [-0.4, -0.2) is 44.7 Å². The third kappa shape index (κ3) is 4.03. The van der Waals surface area contributed by atoms with Crippen LogP contribution in [0.4, 0.5) is 23.2 Å². The molecule has 1 saturated heterocycles. The van der Waals surface area contributed by atoms with Crippen molar-refractivity contribution in [1.82, 2.24) is 19.7 Å². The number of rotatable bonds is 5. The minimum atomic E-state index is -4.45. The lowest BCUT2D eigenvalue weighted by molar-refractivity contribution is -0.137. The maximum atomic E-state index is 13.0. The van der Waals surface area contributed by atoms with Crippen LogP contribution in [0, 0.1) is 0 Å². The summed E-state index contributed by atoms with van der Waals surface area (Å²) in [7, 11) is 1.72. The molecule has 0 saturated carbocycles. The van der Waals surface area contributed by atoms with Crippen molar-refractivity contribution in [3.05, 3.63) is 54.6 Å². The zero-order valence-corrected chi connectivity index (χ0v) is 16.3. The molecule has 0 atom stereocenters. The number of hydrogen-bond acceptors (Lipinski definition) is 5. The Morgan fingerprint density at radius 3 is 2.52 bits per heavy atom. The Morgan fingerprint density at radius 2 is 1.90 bits per heavy atom. The van der Waals surface area contributed by atoms with Gasteiger partial charge in [-0.25, -0.2) is 9.37 Å². The average molecular weight is 435 g/mol. The van der Waals surface area contributed by atoms with E-state index < -0.39 is 23.5 Å². The van der Waals surface area contributed by atoms with Crippen molar-refractivity contribution >= 4 is 22.5 Å². The first-order chi connectivity index (χ1) is 14.6. The number of pyridine rings is 1. The van der Waals surface area contributed by atoms with Crippen LogP contribution >= 0.6 is 0 Å². The largest absolute Gasteiger partial charge is 0.437 e. The fraction of sp³-hybridized carbons (Fsp3) is 0.250. The normalized spacial score (nSPS) is 14.4. The molecule has 2 aromatic heterocycles. The van der Waals surface area contributed by atoms with E-state index in [-0.39, 0.29) is 30.8 Å². The van der Waals surface area contributed by atoms with E-state index in [1.54, 1.807) is 17.9 Å². The molecular formula is C20H17F4N5O2. The summed E-state index contributed by atoms with van der Waals surface area (Å²) >= 11 is 0. The van der Waals surface area contributed by atoms with E-state index in [1.807, 2.05) is 0 Å². The number of amides is 1. The number of hydrogen-bond donors (Lipinski definition) is 1. The molecule has 31 heavy (non-hydrogen) atoms. The molecule has 1 aliphatic rings. The number of halogens is 4. The number of carbonyl (C=O) groups excluding carboxylic acids is 1. The molecule has 7 nitrogen and oxygen atoms in total. The maximum absolute atomic E-state index is 13.0. The number of nitrogens with zero attached hydrogens (tertiary/aromatic N) is 4. The molecule has 0 spiro atoms. The van der Waals surface area contributed by atoms with Gasteiger partial charge in [-0.3, -0.25) is 9.48 Å². The number of fused-ring (bicyclic) bond motifs is 1. The van der Waals surface area contributed by atoms with Gasteiger partial charge >= 0.3 is 6.18 Å². The Balaban J connectivity index is 1.60. The summed E-state index contributed by atoms with van der Waals surface area (Å²) in [6, 6.07) is 4.05. The summed E-state index contributed by atoms with van der Waals surface area (Å²) in [6.07, 6.45) is -1.30. The van der Waals surface area contributed by atoms with Crippen molar-refractivity contribution < 1.29 is 27.1 Å². The van der Waals surface area contributed by atoms with Gasteiger partial charge < -0.3 is 15.0 Å². The number of alkyl halides is 3. The lowest BCUT2D eigenvalue weighted by Gasteiger charge is -2.39. The highest BCUT2D eigenvalue weighted by atomic mass is 19.4. The molecule has 0 bridgehead atoms. The van der Waals surface area contributed by atoms with Crippen LogP contribution in [0.1, 0.15) is 5.56 Å². The molecule has 162 valence electrons. The molecule has 11 heteroatoms. The molecule has 0 aliphatic carbocycles. The molecule has 1 aromatic carbocycles. The molecule has 3 heterocycles. The van der Waals surface area contributed by atoms with Gasteiger partial charge in [0.25, 0.3) is 5.91 Å². The van der Waals surface area contributed by atoms with Gasteiger partial charge in [0.2, 0.25) is 5.88 Å². The molecule has 1 aliphatic heterocycles. The fourth-order valence-electron chi connectivity index (χ4n) is 3.29. The van der Waals surface area contributed by atoms with Crippen molar-refractivity contribution in [3.8, 4) is 11.6 Å². The van der Waals surface area contributed by atoms with Crippen molar-refractivity contribution in [1.29, 1.82) is 0 Å². The van der Waals surface area contributed by atoms with E-state index in [9.17, 15) is 22.4 Å². The van der Waals surface area contributed by atoms with E-state index >= 15 is 0 Å². The number of carbonyl (C=O) groups is 1. The van der Waals surface area contributed by atoms with Crippen LogP contribution in [0.15, 0.2) is 49.1 Å². The van der Waals surface area contributed by atoms with Crippen LogP contribution in [0.5, 0.6) is 11.6 Å². The van der Waals surface area contributed by atoms with Gasteiger partial charge in [0.05, 0.1) is 23.3 Å². The first kappa shape index (κ1) is 20.6. The summed E-state index contributed by atoms with van der Waals surface area (Å²) < 4.78 is 58.8. The van der Waals surface area contributed by atoms with Gasteiger partial charge in [0.15, 0.2) is 5.83 Å². The van der Waals surface area contributed by atoms with Crippen LogP contribution in [0.3, 0.4) is 0 Å². The Morgan fingerprint density at radius 1 is 1.23 bits per heavy atom. The lowest BCUT2D eigenvalue weighted by atomic mass is 10.1. The molecule has 0 radical (unpaired) electrons. The smallest absolute Gasteiger partial charge is 0.416 e. The van der Waals surface area contributed by atoms with Crippen molar-refractivity contribution in [2.24, 2.45) is 7.05 Å². The molecule has 0 unspecified atom stereocenters. The van der Waals surface area contributed by atoms with E-state index in [2.05, 4.69) is 22.0 Å². The molecule has 4 rings (SSSR count). The van der Waals surface area contributed by atoms with Gasteiger partial charge in [0, 0.05) is 31.7 Å². The highest BCUT2D eigenvalue weighted by Gasteiger charge is 2.33. The van der Waals surface area contributed by atoms with Crippen molar-refractivity contribution in [2.45, 2.75) is 12.2 Å². The third-order valence-corrected chi connectivity index (χ3v) is 4.88. The zero-order chi connectivity index (χ0) is 22.3. The predicted molar refractivity (Wildman–Crippen MR) is 104 cm³/mol. The van der Waals surface area contributed by atoms with Crippen molar-refractivity contribution in [2.75, 3.05) is 18.4 Å². The number of aromatic nitrogens is 3. The highest BCUT2D eigenvalue weighted by molar-refractivity contribution is 5.94. The minimum absolute atomic E-state index is 0.135. The Labute approximate surface area is 173 Å². The topological polar surface area (TPSA) is 72.3 Å². The SMILES string of the molecule is C=C(F)C(=O)N1CC(Nc2c(Oc3ccc(C(F)(F)F)cc3)ncc3cnn(C)c23)C1. The fourth-order valence-corrected chi connectivity index (χ4v) is 3.29. The van der Waals surface area contributed by atoms with E-state index in [0.717, 1.165) is 12.1 Å². The number of likely N-dealkylation sites (tertiary alicyclic amines) is 1. The maximum Gasteiger partial charge on any atom is 0.416 e. The molecule has 1 amide bonds. The van der Waals surface area contributed by atoms with Crippen LogP contribution in [0.2, 0.25) is 0 Å². The number of benzene rings is 1. The summed E-state index contributed by atoms with van der Waals surface area (Å²) in [4.78, 5) is 17.2. The second-order valence-corrected chi connectivity index (χ2v) is 7.09. The highest BCUT2D eigenvalue weighted by Crippen LogP contribution is 2.36. The minimum Gasteiger partial charge on any atom is -0.437 e. The Kier molecular flexibility index (Phi) is 5.03. The molecular weight excluding hydrogens is 418 g/mol. The predicted octanol–water partition coefficient (Wildman–Crippen LogP) is 3.89. The lowest BCUT2D eigenvalue weighted by Crippen LogP contribution is -2.57. The zero-order valence-electron chi connectivity index (χ0n) is 16.3. The number of aryl methyl sites for hydroxylation is 1. The summed E-state index contributed by atoms with van der Waals surface area (Å²) in [5, 5.41) is 8.13. The molecule has 3 aromatic rings. The van der Waals surface area contributed by atoms with Gasteiger partial charge in [-0.15, -0.1) is 0 Å². The monoisotopic (exact) mass is 435 g/mol. The van der Waals surface area contributed by atoms with E-state index in [0.29, 0.717) is 16.6 Å². The summed E-state index contributed by atoms with van der Waals surface area (Å²) in [5.74, 6) is -1.49. The van der Waals surface area contributed by atoms with Gasteiger partial charge in [0.1, 0.15) is 11.4 Å². The van der Waals surface area contributed by atoms with Crippen LogP contribution in [-0.2, 0) is 18.0 Å². The Bertz CT molecular complexity index is 1150. The van der Waals surface area contributed by atoms with Gasteiger partial charge in [-0.05, 0) is 24.3 Å². The van der Waals surface area contributed by atoms with E-state index in [1.165, 1.54) is 23.2 Å². The number of nitrogens with one attached hydrogen (secondary N) is 1. The molecule has 1 N–H and O–H groups in total. The van der Waals surface area contributed by atoms with Crippen LogP contribution < -0.4 is 10.1 Å². The van der Waals surface area contributed by atoms with Crippen LogP contribution in [0.25, 0.3) is 10.9 Å². The summed E-state index contributed by atoms with van der Waals surface area (Å²) in [5.41, 5.74) is 0.340. The number of ether oxygens (including phenoxy) is 1. The first-order valence-electron chi connectivity index (χ1n) is 9.19. The Hall–Kier alpha value is -3.63. The number of anilines is 1. The first-order valence-corrected chi connectivity index (χ1v) is 9.19. The average Bonchev–Trinajstić information content (AvgIpc) is 3.06.